The number of carbonyl (C=O) groups is 1. The summed E-state index contributed by atoms with van der Waals surface area (Å²) in [7, 11) is 1.65. The molecule has 3 fully saturated rings. The molecule has 1 saturated carbocycles. The maximum Gasteiger partial charge on any atom is 0.438 e. The normalized spacial score (nSPS) is 35.1. The van der Waals surface area contributed by atoms with Gasteiger partial charge in [-0.2, -0.15) is 0 Å². The van der Waals surface area contributed by atoms with E-state index in [1.54, 1.807) is 7.11 Å². The smallest absolute Gasteiger partial charge is 0.438 e. The van der Waals surface area contributed by atoms with Gasteiger partial charge in [-0.25, -0.2) is 9.59 Å². The number of hydrogen-bond donors (Lipinski definition) is 2. The second-order valence-electron chi connectivity index (χ2n) is 10.6. The number of ether oxygens (including phenoxy) is 4. The van der Waals surface area contributed by atoms with Crippen LogP contribution in [0.2, 0.25) is 0 Å². The third kappa shape index (κ3) is 5.08. The van der Waals surface area contributed by atoms with E-state index in [2.05, 4.69) is 46.8 Å². The van der Waals surface area contributed by atoms with Crippen LogP contribution in [0.15, 0.2) is 21.0 Å². The zero-order chi connectivity index (χ0) is 24.7. The fourth-order valence-corrected chi connectivity index (χ4v) is 5.40. The number of nitrogens with one attached hydrogen (secondary N) is 2. The average molecular weight is 480 g/mol. The molecule has 0 unspecified atom stereocenters. The zero-order valence-corrected chi connectivity index (χ0v) is 20.9. The molecule has 1 aromatic rings. The van der Waals surface area contributed by atoms with Gasteiger partial charge in [-0.05, 0) is 46.0 Å². The van der Waals surface area contributed by atoms with Crippen LogP contribution >= 0.6 is 0 Å². The molecule has 3 heterocycles. The Morgan fingerprint density at radius 2 is 2.12 bits per heavy atom. The molecule has 10 heteroatoms. The first-order chi connectivity index (χ1) is 16.1. The van der Waals surface area contributed by atoms with Gasteiger partial charge >= 0.3 is 11.8 Å². The minimum absolute atomic E-state index is 0.0341. The van der Waals surface area contributed by atoms with E-state index in [4.69, 9.17) is 18.9 Å². The van der Waals surface area contributed by atoms with Gasteiger partial charge in [0.2, 0.25) is 0 Å². The van der Waals surface area contributed by atoms with Gasteiger partial charge in [0.05, 0.1) is 18.6 Å². The number of hydrogen-bond acceptors (Lipinski definition) is 8. The lowest BCUT2D eigenvalue weighted by atomic mass is 9.68. The van der Waals surface area contributed by atoms with E-state index < -0.39 is 18.0 Å². The number of methoxy groups -OCH3 is 1. The monoisotopic (exact) mass is 479 g/mol. The van der Waals surface area contributed by atoms with Crippen molar-refractivity contribution in [3.8, 4) is 0 Å². The number of aromatic amines is 1. The van der Waals surface area contributed by atoms with Gasteiger partial charge in [0.25, 0.3) is 0 Å². The molecule has 190 valence electrons. The third-order valence-corrected chi connectivity index (χ3v) is 7.50. The molecule has 2 aliphatic heterocycles. The zero-order valence-electron chi connectivity index (χ0n) is 20.9. The summed E-state index contributed by atoms with van der Waals surface area (Å²) in [4.78, 5) is 26.7. The van der Waals surface area contributed by atoms with Gasteiger partial charge in [-0.1, -0.05) is 30.7 Å². The summed E-state index contributed by atoms with van der Waals surface area (Å²) in [5.41, 5.74) is 0.598. The first-order valence-electron chi connectivity index (χ1n) is 12.1. The van der Waals surface area contributed by atoms with E-state index in [9.17, 15) is 9.59 Å². The quantitative estimate of drug-likeness (QED) is 0.408. The van der Waals surface area contributed by atoms with Crippen LogP contribution in [0.4, 0.5) is 4.79 Å². The maximum atomic E-state index is 12.9. The van der Waals surface area contributed by atoms with E-state index in [0.29, 0.717) is 25.3 Å². The van der Waals surface area contributed by atoms with Gasteiger partial charge in [0.1, 0.15) is 23.4 Å². The largest absolute Gasteiger partial charge is 0.443 e. The summed E-state index contributed by atoms with van der Waals surface area (Å²) in [6.45, 7) is 10.9. The Labute approximate surface area is 199 Å². The minimum atomic E-state index is -0.619. The van der Waals surface area contributed by atoms with Crippen LogP contribution in [0.25, 0.3) is 0 Å². The lowest BCUT2D eigenvalue weighted by Gasteiger charge is -2.42. The Kier molecular flexibility index (Phi) is 6.94. The fraction of sp³-hybridized carbons (Fsp3) is 0.792. The van der Waals surface area contributed by atoms with Gasteiger partial charge in [-0.15, -0.1) is 0 Å². The van der Waals surface area contributed by atoms with E-state index >= 15 is 0 Å². The molecule has 2 saturated heterocycles. The predicted octanol–water partition coefficient (Wildman–Crippen LogP) is 2.73. The van der Waals surface area contributed by atoms with Crippen molar-refractivity contribution >= 4 is 6.09 Å². The first kappa shape index (κ1) is 24.9. The second kappa shape index (κ2) is 9.47. The molecule has 1 amide bonds. The minimum Gasteiger partial charge on any atom is -0.443 e. The predicted molar refractivity (Wildman–Crippen MR) is 122 cm³/mol. The molecule has 10 nitrogen and oxygen atoms in total. The lowest BCUT2D eigenvalue weighted by Crippen LogP contribution is -2.56. The maximum absolute atomic E-state index is 12.9. The molecule has 0 bridgehead atoms. The first-order valence-corrected chi connectivity index (χ1v) is 12.1. The fourth-order valence-electron chi connectivity index (χ4n) is 5.40. The molecule has 1 spiro atoms. The highest BCUT2D eigenvalue weighted by atomic mass is 16.6. The number of H-pyrrole nitrogens is 1. The second-order valence-corrected chi connectivity index (χ2v) is 10.6. The van der Waals surface area contributed by atoms with Crippen molar-refractivity contribution in [2.24, 2.45) is 11.8 Å². The van der Waals surface area contributed by atoms with Gasteiger partial charge in [0, 0.05) is 19.6 Å². The van der Waals surface area contributed by atoms with Crippen LogP contribution in [0.3, 0.4) is 0 Å². The number of amides is 1. The molecule has 3 aliphatic rings. The van der Waals surface area contributed by atoms with Crippen molar-refractivity contribution in [3.63, 3.8) is 0 Å². The number of alkyl carbamates (subject to hydrolysis) is 1. The SMILES string of the molecule is CO[C@@H]1[C@H](OC(=O)N[C@@H](Cc2noc(=O)[nH]2)C(C)C)CC[C@]2(CO2)[C@H]1[C@@]1(C)O[C@@H]1CC=C(C)C. The van der Waals surface area contributed by atoms with E-state index in [1.807, 2.05) is 13.8 Å². The van der Waals surface area contributed by atoms with Crippen LogP contribution < -0.4 is 11.1 Å². The van der Waals surface area contributed by atoms with Gasteiger partial charge in [-0.3, -0.25) is 9.51 Å². The van der Waals surface area contributed by atoms with Crippen molar-refractivity contribution in [2.45, 2.75) is 95.9 Å². The Morgan fingerprint density at radius 1 is 1.38 bits per heavy atom. The third-order valence-electron chi connectivity index (χ3n) is 7.50. The van der Waals surface area contributed by atoms with Gasteiger partial charge in [0.15, 0.2) is 5.82 Å². The standard InChI is InChI=1S/C24H37N3O7/c1-13(2)7-8-17-23(5,33-17)20-19(30-6)16(9-10-24(20)12-31-24)32-21(28)25-15(14(3)4)11-18-26-22(29)34-27-18/h7,14-17,19-20H,8-12H2,1-6H3,(H,25,28)(H,26,27,29)/t15-,16+,17+,19+,20+,23-,24-/m0/s1. The van der Waals surface area contributed by atoms with Crippen molar-refractivity contribution in [2.75, 3.05) is 13.7 Å². The number of nitrogens with zero attached hydrogens (tertiary/aromatic N) is 1. The highest BCUT2D eigenvalue weighted by Gasteiger charge is 2.72. The molecule has 7 atom stereocenters. The van der Waals surface area contributed by atoms with Crippen molar-refractivity contribution < 1.29 is 28.3 Å². The number of rotatable bonds is 9. The number of epoxide rings is 2. The Balaban J connectivity index is 1.43. The summed E-state index contributed by atoms with van der Waals surface area (Å²) in [5.74, 6) is -0.187. The summed E-state index contributed by atoms with van der Waals surface area (Å²) < 4.78 is 28.6. The van der Waals surface area contributed by atoms with E-state index in [1.165, 1.54) is 5.57 Å². The van der Waals surface area contributed by atoms with Crippen LogP contribution in [0.1, 0.15) is 59.7 Å². The highest BCUT2D eigenvalue weighted by Crippen LogP contribution is 2.59. The Morgan fingerprint density at radius 3 is 2.68 bits per heavy atom. The molecular weight excluding hydrogens is 442 g/mol. The summed E-state index contributed by atoms with van der Waals surface area (Å²) >= 11 is 0. The number of aromatic nitrogens is 2. The molecular formula is C24H37N3O7. The Hall–Kier alpha value is -2.17. The van der Waals surface area contributed by atoms with Crippen LogP contribution in [0.5, 0.6) is 0 Å². The summed E-state index contributed by atoms with van der Waals surface area (Å²) in [6, 6.07) is -0.288. The van der Waals surface area contributed by atoms with Crippen LogP contribution in [-0.2, 0) is 25.4 Å². The molecule has 0 radical (unpaired) electrons. The number of allylic oxidation sites excluding steroid dienone is 1. The highest BCUT2D eigenvalue weighted by molar-refractivity contribution is 5.68. The van der Waals surface area contributed by atoms with E-state index in [-0.39, 0.29) is 41.3 Å². The van der Waals surface area contributed by atoms with Gasteiger partial charge < -0.3 is 24.3 Å². The Bertz CT molecular complexity index is 962. The van der Waals surface area contributed by atoms with Crippen molar-refractivity contribution in [1.82, 2.24) is 15.5 Å². The van der Waals surface area contributed by atoms with Crippen molar-refractivity contribution in [1.29, 1.82) is 0 Å². The molecule has 1 aromatic heterocycles. The van der Waals surface area contributed by atoms with E-state index in [0.717, 1.165) is 12.8 Å². The molecule has 4 rings (SSSR count). The van der Waals surface area contributed by atoms with Crippen LogP contribution in [-0.4, -0.2) is 65.5 Å². The summed E-state index contributed by atoms with van der Waals surface area (Å²) in [6.07, 6.45) is 3.61. The lowest BCUT2D eigenvalue weighted by molar-refractivity contribution is -0.118. The molecule has 34 heavy (non-hydrogen) atoms. The average Bonchev–Trinajstić information content (AvgIpc) is 3.64. The van der Waals surface area contributed by atoms with Crippen molar-refractivity contribution in [3.05, 3.63) is 28.0 Å². The number of carbonyl (C=O) groups excluding carboxylic acids is 1. The van der Waals surface area contributed by atoms with Crippen LogP contribution in [0, 0.1) is 11.8 Å². The molecule has 2 N–H and O–H groups in total. The molecule has 0 aromatic carbocycles. The topological polar surface area (TPSA) is 132 Å². The summed E-state index contributed by atoms with van der Waals surface area (Å²) in [5, 5.41) is 6.62. The molecule has 1 aliphatic carbocycles.